The van der Waals surface area contributed by atoms with E-state index < -0.39 is 11.6 Å². The predicted molar refractivity (Wildman–Crippen MR) is 79.9 cm³/mol. The Labute approximate surface area is 126 Å². The third kappa shape index (κ3) is 3.74. The van der Waals surface area contributed by atoms with Crippen molar-refractivity contribution in [2.75, 3.05) is 32.1 Å². The van der Waals surface area contributed by atoms with Crippen molar-refractivity contribution in [1.82, 2.24) is 4.98 Å². The van der Waals surface area contributed by atoms with Gasteiger partial charge < -0.3 is 4.90 Å². The number of carbonyl (C=O) groups is 1. The first-order valence-electron chi connectivity index (χ1n) is 6.71. The SMILES string of the molecule is CC(=O)N(CCC[NH+](C)C)c1nc2c(F)cc(F)cc2s1. The number of rotatable bonds is 5. The molecule has 21 heavy (non-hydrogen) atoms. The molecule has 1 N–H and O–H groups in total. The zero-order chi connectivity index (χ0) is 15.6. The highest BCUT2D eigenvalue weighted by atomic mass is 32.1. The highest BCUT2D eigenvalue weighted by Crippen LogP contribution is 2.31. The maximum absolute atomic E-state index is 13.7. The van der Waals surface area contributed by atoms with Crippen molar-refractivity contribution in [3.8, 4) is 0 Å². The van der Waals surface area contributed by atoms with Gasteiger partial charge in [0, 0.05) is 26.0 Å². The summed E-state index contributed by atoms with van der Waals surface area (Å²) in [4.78, 5) is 18.7. The molecule has 1 heterocycles. The normalized spacial score (nSPS) is 11.3. The fourth-order valence-corrected chi connectivity index (χ4v) is 3.11. The summed E-state index contributed by atoms with van der Waals surface area (Å²) in [6, 6.07) is 2.04. The number of hydrogen-bond acceptors (Lipinski definition) is 3. The lowest BCUT2D eigenvalue weighted by Crippen LogP contribution is -3.05. The molecule has 0 aliphatic carbocycles. The average molecular weight is 314 g/mol. The molecular formula is C14H18F2N3OS+. The summed E-state index contributed by atoms with van der Waals surface area (Å²) in [6.45, 7) is 2.88. The van der Waals surface area contributed by atoms with Gasteiger partial charge in [-0.1, -0.05) is 11.3 Å². The zero-order valence-electron chi connectivity index (χ0n) is 12.2. The second-order valence-electron chi connectivity index (χ2n) is 5.21. The van der Waals surface area contributed by atoms with Crippen LogP contribution in [0.3, 0.4) is 0 Å². The molecule has 0 fully saturated rings. The maximum atomic E-state index is 13.7. The first kappa shape index (κ1) is 15.8. The summed E-state index contributed by atoms with van der Waals surface area (Å²) < 4.78 is 27.3. The molecule has 0 saturated heterocycles. The fraction of sp³-hybridized carbons (Fsp3) is 0.429. The number of thiazole rings is 1. The number of nitrogens with one attached hydrogen (secondary N) is 1. The van der Waals surface area contributed by atoms with Crippen LogP contribution >= 0.6 is 11.3 Å². The van der Waals surface area contributed by atoms with Crippen molar-refractivity contribution in [1.29, 1.82) is 0 Å². The van der Waals surface area contributed by atoms with Crippen LogP contribution in [0.1, 0.15) is 13.3 Å². The van der Waals surface area contributed by atoms with Crippen molar-refractivity contribution < 1.29 is 18.5 Å². The second kappa shape index (κ2) is 6.44. The van der Waals surface area contributed by atoms with Gasteiger partial charge in [0.2, 0.25) is 5.91 Å². The standard InChI is InChI=1S/C14H17F2N3OS/c1-9(20)19(6-4-5-18(2)3)14-17-13-11(16)7-10(15)8-12(13)21-14/h7-8H,4-6H2,1-3H3/p+1. The van der Waals surface area contributed by atoms with Gasteiger partial charge in [0.05, 0.1) is 25.3 Å². The predicted octanol–water partition coefficient (Wildman–Crippen LogP) is 1.46. The Hall–Kier alpha value is -1.60. The lowest BCUT2D eigenvalue weighted by molar-refractivity contribution is -0.858. The molecule has 0 bridgehead atoms. The molecule has 2 aromatic rings. The highest BCUT2D eigenvalue weighted by molar-refractivity contribution is 7.22. The third-order valence-electron chi connectivity index (χ3n) is 3.07. The number of fused-ring (bicyclic) bond motifs is 1. The van der Waals surface area contributed by atoms with Gasteiger partial charge in [0.1, 0.15) is 11.3 Å². The lowest BCUT2D eigenvalue weighted by atomic mass is 10.3. The Morgan fingerprint density at radius 1 is 1.38 bits per heavy atom. The molecule has 2 rings (SSSR count). The van der Waals surface area contributed by atoms with Gasteiger partial charge in [0.25, 0.3) is 0 Å². The molecule has 114 valence electrons. The van der Waals surface area contributed by atoms with E-state index in [2.05, 4.69) is 4.98 Å². The number of benzene rings is 1. The zero-order valence-corrected chi connectivity index (χ0v) is 13.1. The smallest absolute Gasteiger partial charge is 0.225 e. The minimum absolute atomic E-state index is 0.112. The molecule has 1 aromatic heterocycles. The van der Waals surface area contributed by atoms with Crippen molar-refractivity contribution in [3.05, 3.63) is 23.8 Å². The number of amides is 1. The van der Waals surface area contributed by atoms with Gasteiger partial charge in [-0.15, -0.1) is 0 Å². The van der Waals surface area contributed by atoms with Gasteiger partial charge >= 0.3 is 0 Å². The first-order valence-corrected chi connectivity index (χ1v) is 7.53. The second-order valence-corrected chi connectivity index (χ2v) is 6.22. The van der Waals surface area contributed by atoms with Gasteiger partial charge in [-0.2, -0.15) is 0 Å². The van der Waals surface area contributed by atoms with Crippen LogP contribution in [0.4, 0.5) is 13.9 Å². The summed E-state index contributed by atoms with van der Waals surface area (Å²) in [5.41, 5.74) is 0.112. The third-order valence-corrected chi connectivity index (χ3v) is 4.10. The number of hydrogen-bond donors (Lipinski definition) is 1. The number of carbonyl (C=O) groups excluding carboxylic acids is 1. The average Bonchev–Trinajstić information content (AvgIpc) is 2.77. The van der Waals surface area contributed by atoms with E-state index >= 15 is 0 Å². The number of quaternary nitrogens is 1. The molecule has 1 aromatic carbocycles. The van der Waals surface area contributed by atoms with Crippen LogP contribution in [0.25, 0.3) is 10.2 Å². The van der Waals surface area contributed by atoms with Gasteiger partial charge in [-0.25, -0.2) is 13.8 Å². The molecule has 1 amide bonds. The van der Waals surface area contributed by atoms with Crippen LogP contribution in [0, 0.1) is 11.6 Å². The summed E-state index contributed by atoms with van der Waals surface area (Å²) >= 11 is 1.13. The minimum Gasteiger partial charge on any atom is -0.340 e. The Balaban J connectivity index is 2.28. The molecule has 0 saturated carbocycles. The number of nitrogens with zero attached hydrogens (tertiary/aromatic N) is 2. The molecule has 4 nitrogen and oxygen atoms in total. The molecular weight excluding hydrogens is 296 g/mol. The van der Waals surface area contributed by atoms with E-state index in [-0.39, 0.29) is 11.4 Å². The van der Waals surface area contributed by atoms with Crippen molar-refractivity contribution in [3.63, 3.8) is 0 Å². The van der Waals surface area contributed by atoms with Gasteiger partial charge in [0.15, 0.2) is 10.9 Å². The van der Waals surface area contributed by atoms with Crippen molar-refractivity contribution >= 4 is 32.6 Å². The monoisotopic (exact) mass is 314 g/mol. The van der Waals surface area contributed by atoms with Crippen molar-refractivity contribution in [2.24, 2.45) is 0 Å². The largest absolute Gasteiger partial charge is 0.340 e. The Morgan fingerprint density at radius 2 is 2.10 bits per heavy atom. The minimum atomic E-state index is -0.700. The Kier molecular flexibility index (Phi) is 4.84. The summed E-state index contributed by atoms with van der Waals surface area (Å²) in [7, 11) is 4.07. The van der Waals surface area contributed by atoms with Crippen molar-refractivity contribution in [2.45, 2.75) is 13.3 Å². The highest BCUT2D eigenvalue weighted by Gasteiger charge is 2.18. The van der Waals surface area contributed by atoms with Gasteiger partial charge in [-0.3, -0.25) is 9.69 Å². The fourth-order valence-electron chi connectivity index (χ4n) is 2.04. The van der Waals surface area contributed by atoms with Crippen LogP contribution in [0.5, 0.6) is 0 Å². The first-order chi connectivity index (χ1) is 9.88. The van der Waals surface area contributed by atoms with Crippen LogP contribution in [-0.4, -0.2) is 38.1 Å². The number of halogens is 2. The van der Waals surface area contributed by atoms with Crippen LogP contribution in [0.15, 0.2) is 12.1 Å². The topological polar surface area (TPSA) is 37.6 Å². The molecule has 0 aliphatic rings. The van der Waals surface area contributed by atoms with E-state index in [1.165, 1.54) is 22.8 Å². The molecule has 7 heteroatoms. The maximum Gasteiger partial charge on any atom is 0.225 e. The molecule has 0 spiro atoms. The van der Waals surface area contributed by atoms with Gasteiger partial charge in [-0.05, 0) is 6.07 Å². The summed E-state index contributed by atoms with van der Waals surface area (Å²) in [5.74, 6) is -1.49. The van der Waals surface area contributed by atoms with E-state index in [4.69, 9.17) is 0 Å². The summed E-state index contributed by atoms with van der Waals surface area (Å²) in [6.07, 6.45) is 0.814. The van der Waals surface area contributed by atoms with E-state index in [0.717, 1.165) is 30.4 Å². The van der Waals surface area contributed by atoms with E-state index in [1.54, 1.807) is 0 Å². The van der Waals surface area contributed by atoms with Crippen LogP contribution in [0.2, 0.25) is 0 Å². The van der Waals surface area contributed by atoms with E-state index in [1.807, 2.05) is 14.1 Å². The molecule has 0 aliphatic heterocycles. The Bertz CT molecular complexity index is 657. The quantitative estimate of drug-likeness (QED) is 0.907. The molecule has 0 unspecified atom stereocenters. The number of anilines is 1. The van der Waals surface area contributed by atoms with Crippen LogP contribution in [-0.2, 0) is 4.79 Å². The lowest BCUT2D eigenvalue weighted by Gasteiger charge is -2.18. The molecule has 0 atom stereocenters. The summed E-state index contributed by atoms with van der Waals surface area (Å²) in [5, 5.41) is 0.413. The molecule has 0 radical (unpaired) electrons. The van der Waals surface area contributed by atoms with Crippen LogP contribution < -0.4 is 9.80 Å². The van der Waals surface area contributed by atoms with E-state index in [9.17, 15) is 13.6 Å². The number of aromatic nitrogens is 1. The van der Waals surface area contributed by atoms with E-state index in [0.29, 0.717) is 16.4 Å². The Morgan fingerprint density at radius 3 is 2.71 bits per heavy atom.